The Kier molecular flexibility index (Phi) is 3.99. The van der Waals surface area contributed by atoms with E-state index in [1.165, 1.54) is 24.3 Å². The van der Waals surface area contributed by atoms with Crippen LogP contribution < -0.4 is 0 Å². The van der Waals surface area contributed by atoms with Crippen LogP contribution in [0.4, 0.5) is 13.2 Å². The fraction of sp³-hybridized carbons (Fsp3) is 0.100. The Bertz CT molecular complexity index is 421. The van der Waals surface area contributed by atoms with Crippen molar-refractivity contribution in [1.82, 2.24) is 0 Å². The maximum atomic E-state index is 12.3. The lowest BCUT2D eigenvalue weighted by Gasteiger charge is -2.08. The standard InChI is InChI=1S/C10H5Cl2F3O/c11-7-3-1-6(2-4-7)8(5-16)9(12)10(13,14)15/h1-5H. The number of hydrogen-bond acceptors (Lipinski definition) is 1. The molecule has 0 atom stereocenters. The van der Waals surface area contributed by atoms with E-state index in [0.29, 0.717) is 5.02 Å². The molecule has 0 unspecified atom stereocenters. The summed E-state index contributed by atoms with van der Waals surface area (Å²) in [5, 5.41) is -1.08. The number of halogens is 5. The molecule has 0 bridgehead atoms. The fourth-order valence-corrected chi connectivity index (χ4v) is 1.31. The maximum absolute atomic E-state index is 12.3. The lowest BCUT2D eigenvalue weighted by atomic mass is 10.1. The fourth-order valence-electron chi connectivity index (χ4n) is 1.03. The van der Waals surface area contributed by atoms with Gasteiger partial charge in [-0.1, -0.05) is 35.3 Å². The molecule has 16 heavy (non-hydrogen) atoms. The zero-order valence-corrected chi connectivity index (χ0v) is 9.20. The molecular formula is C10H5Cl2F3O. The van der Waals surface area contributed by atoms with Crippen LogP contribution in [0.15, 0.2) is 29.3 Å². The monoisotopic (exact) mass is 268 g/mol. The second-order valence-electron chi connectivity index (χ2n) is 2.85. The van der Waals surface area contributed by atoms with E-state index in [0.717, 1.165) is 0 Å². The largest absolute Gasteiger partial charge is 0.427 e. The van der Waals surface area contributed by atoms with E-state index in [1.807, 2.05) is 0 Å². The first-order valence-electron chi connectivity index (χ1n) is 4.04. The number of aldehydes is 1. The first-order chi connectivity index (χ1) is 7.36. The Labute approximate surface area is 99.5 Å². The summed E-state index contributed by atoms with van der Waals surface area (Å²) >= 11 is 10.7. The van der Waals surface area contributed by atoms with Gasteiger partial charge in [0, 0.05) is 10.6 Å². The molecule has 1 rings (SSSR count). The Morgan fingerprint density at radius 3 is 2.06 bits per heavy atom. The third kappa shape index (κ3) is 3.00. The highest BCUT2D eigenvalue weighted by Gasteiger charge is 2.35. The van der Waals surface area contributed by atoms with Crippen LogP contribution in [0.1, 0.15) is 5.56 Å². The third-order valence-electron chi connectivity index (χ3n) is 1.76. The minimum atomic E-state index is -4.74. The average Bonchev–Trinajstić information content (AvgIpc) is 2.20. The van der Waals surface area contributed by atoms with Crippen LogP contribution in [0.5, 0.6) is 0 Å². The molecule has 0 N–H and O–H groups in total. The van der Waals surface area contributed by atoms with Crippen molar-refractivity contribution in [3.8, 4) is 0 Å². The molecule has 1 nitrogen and oxygen atoms in total. The molecule has 0 aliphatic rings. The quantitative estimate of drug-likeness (QED) is 0.584. The van der Waals surface area contributed by atoms with Gasteiger partial charge in [0.05, 0.1) is 0 Å². The van der Waals surface area contributed by atoms with Crippen molar-refractivity contribution in [2.24, 2.45) is 0 Å². The summed E-state index contributed by atoms with van der Waals surface area (Å²) in [6, 6.07) is 5.34. The van der Waals surface area contributed by atoms with E-state index in [1.54, 1.807) is 0 Å². The molecule has 0 amide bonds. The number of allylic oxidation sites excluding steroid dienone is 2. The average molecular weight is 269 g/mol. The molecule has 1 aromatic rings. The van der Waals surface area contributed by atoms with E-state index in [-0.39, 0.29) is 11.8 Å². The zero-order chi connectivity index (χ0) is 12.3. The normalized spacial score (nSPS) is 13.3. The van der Waals surface area contributed by atoms with Gasteiger partial charge in [0.1, 0.15) is 5.03 Å². The number of rotatable bonds is 2. The van der Waals surface area contributed by atoms with Gasteiger partial charge in [-0.25, -0.2) is 0 Å². The van der Waals surface area contributed by atoms with Crippen molar-refractivity contribution < 1.29 is 18.0 Å². The molecule has 1 aromatic carbocycles. The highest BCUT2D eigenvalue weighted by Crippen LogP contribution is 2.34. The molecule has 0 aliphatic heterocycles. The Morgan fingerprint density at radius 1 is 1.19 bits per heavy atom. The summed E-state index contributed by atoms with van der Waals surface area (Å²) in [4.78, 5) is 10.6. The van der Waals surface area contributed by atoms with Crippen LogP contribution in [-0.4, -0.2) is 12.5 Å². The maximum Gasteiger partial charge on any atom is 0.427 e. The van der Waals surface area contributed by atoms with Gasteiger partial charge in [-0.2, -0.15) is 13.2 Å². The van der Waals surface area contributed by atoms with Crippen LogP contribution >= 0.6 is 23.2 Å². The Hall–Kier alpha value is -1.00. The predicted octanol–water partition coefficient (Wildman–Crippen LogP) is 4.05. The van der Waals surface area contributed by atoms with Crippen LogP contribution in [0, 0.1) is 0 Å². The summed E-state index contributed by atoms with van der Waals surface area (Å²) in [6.07, 6.45) is -4.67. The van der Waals surface area contributed by atoms with Gasteiger partial charge in [0.15, 0.2) is 6.29 Å². The molecule has 0 aliphatic carbocycles. The molecule has 0 heterocycles. The van der Waals surface area contributed by atoms with Crippen molar-refractivity contribution in [2.75, 3.05) is 0 Å². The minimum Gasteiger partial charge on any atom is -0.298 e. The topological polar surface area (TPSA) is 17.1 Å². The van der Waals surface area contributed by atoms with Crippen LogP contribution in [0.25, 0.3) is 5.57 Å². The van der Waals surface area contributed by atoms with Crippen molar-refractivity contribution in [3.63, 3.8) is 0 Å². The first-order valence-corrected chi connectivity index (χ1v) is 4.80. The van der Waals surface area contributed by atoms with Gasteiger partial charge in [-0.3, -0.25) is 4.79 Å². The summed E-state index contributed by atoms with van der Waals surface area (Å²) in [5.74, 6) is 0. The first kappa shape index (κ1) is 13.1. The number of hydrogen-bond donors (Lipinski definition) is 0. The Balaban J connectivity index is 3.27. The Morgan fingerprint density at radius 2 is 1.69 bits per heavy atom. The summed E-state index contributed by atoms with van der Waals surface area (Å²) in [6.45, 7) is 0. The third-order valence-corrected chi connectivity index (χ3v) is 2.43. The number of benzene rings is 1. The summed E-state index contributed by atoms with van der Waals surface area (Å²) < 4.78 is 36.8. The molecule has 6 heteroatoms. The molecule has 0 fully saturated rings. The molecule has 0 spiro atoms. The van der Waals surface area contributed by atoms with E-state index in [4.69, 9.17) is 23.2 Å². The number of carbonyl (C=O) groups excluding carboxylic acids is 1. The SMILES string of the molecule is O=CC(=C(Cl)C(F)(F)F)c1ccc(Cl)cc1. The smallest absolute Gasteiger partial charge is 0.298 e. The summed E-state index contributed by atoms with van der Waals surface area (Å²) in [5.41, 5.74) is -0.535. The minimum absolute atomic E-state index is 0.0685. The van der Waals surface area contributed by atoms with Crippen molar-refractivity contribution in [1.29, 1.82) is 0 Å². The molecule has 0 saturated carbocycles. The highest BCUT2D eigenvalue weighted by molar-refractivity contribution is 6.37. The predicted molar refractivity (Wildman–Crippen MR) is 56.3 cm³/mol. The second-order valence-corrected chi connectivity index (χ2v) is 3.66. The van der Waals surface area contributed by atoms with Crippen LogP contribution in [-0.2, 0) is 4.79 Å². The van der Waals surface area contributed by atoms with Crippen molar-refractivity contribution >= 4 is 35.1 Å². The van der Waals surface area contributed by atoms with Gasteiger partial charge < -0.3 is 0 Å². The lowest BCUT2D eigenvalue weighted by Crippen LogP contribution is -2.10. The molecule has 0 radical (unpaired) electrons. The summed E-state index contributed by atoms with van der Waals surface area (Å²) in [7, 11) is 0. The second kappa shape index (κ2) is 4.89. The van der Waals surface area contributed by atoms with Gasteiger partial charge >= 0.3 is 6.18 Å². The van der Waals surface area contributed by atoms with Crippen molar-refractivity contribution in [2.45, 2.75) is 6.18 Å². The highest BCUT2D eigenvalue weighted by atomic mass is 35.5. The van der Waals surface area contributed by atoms with Gasteiger partial charge in [0.2, 0.25) is 0 Å². The van der Waals surface area contributed by atoms with Gasteiger partial charge in [0.25, 0.3) is 0 Å². The van der Waals surface area contributed by atoms with E-state index in [9.17, 15) is 18.0 Å². The number of alkyl halides is 3. The molecule has 86 valence electrons. The molecule has 0 saturated heterocycles. The van der Waals surface area contributed by atoms with Crippen molar-refractivity contribution in [3.05, 3.63) is 39.9 Å². The van der Waals surface area contributed by atoms with Crippen LogP contribution in [0.3, 0.4) is 0 Å². The van der Waals surface area contributed by atoms with Gasteiger partial charge in [-0.15, -0.1) is 0 Å². The van der Waals surface area contributed by atoms with E-state index >= 15 is 0 Å². The zero-order valence-electron chi connectivity index (χ0n) is 7.68. The van der Waals surface area contributed by atoms with Gasteiger partial charge in [-0.05, 0) is 17.7 Å². The number of carbonyl (C=O) groups is 1. The van der Waals surface area contributed by atoms with E-state index in [2.05, 4.69) is 0 Å². The molecular weight excluding hydrogens is 264 g/mol. The molecule has 0 aromatic heterocycles. The van der Waals surface area contributed by atoms with Crippen LogP contribution in [0.2, 0.25) is 5.02 Å². The van der Waals surface area contributed by atoms with E-state index < -0.39 is 16.8 Å². The lowest BCUT2D eigenvalue weighted by molar-refractivity contribution is -0.104.